The molecule has 76 valence electrons. The number of nitrogens with one attached hydrogen (secondary N) is 1. The molecule has 0 bridgehead atoms. The number of halogens is 1. The average Bonchev–Trinajstić information content (AvgIpc) is 2.16. The zero-order chi connectivity index (χ0) is 10.6. The summed E-state index contributed by atoms with van der Waals surface area (Å²) in [5.41, 5.74) is 2.92. The van der Waals surface area contributed by atoms with E-state index in [-0.39, 0.29) is 12.3 Å². The summed E-state index contributed by atoms with van der Waals surface area (Å²) in [7, 11) is 1.58. The van der Waals surface area contributed by atoms with Gasteiger partial charge in [-0.05, 0) is 23.8 Å². The van der Waals surface area contributed by atoms with Crippen LogP contribution in [0.4, 0.5) is 0 Å². The summed E-state index contributed by atoms with van der Waals surface area (Å²) in [5.74, 6) is 5.46. The largest absolute Gasteiger partial charge is 0.497 e. The number of benzene rings is 1. The van der Waals surface area contributed by atoms with Crippen LogP contribution in [-0.4, -0.2) is 13.0 Å². The maximum absolute atomic E-state index is 11.0. The van der Waals surface area contributed by atoms with E-state index in [0.717, 1.165) is 10.0 Å². The predicted molar refractivity (Wildman–Crippen MR) is 56.7 cm³/mol. The van der Waals surface area contributed by atoms with Crippen molar-refractivity contribution in [3.63, 3.8) is 0 Å². The predicted octanol–water partition coefficient (Wildman–Crippen LogP) is 0.990. The Labute approximate surface area is 90.5 Å². The second-order valence-corrected chi connectivity index (χ2v) is 3.66. The number of hydrogen-bond donors (Lipinski definition) is 2. The molecule has 1 aromatic rings. The van der Waals surface area contributed by atoms with Crippen LogP contribution in [0.2, 0.25) is 0 Å². The molecule has 0 saturated heterocycles. The van der Waals surface area contributed by atoms with Crippen molar-refractivity contribution in [2.24, 2.45) is 5.84 Å². The molecular formula is C9H11BrN2O2. The molecule has 0 saturated carbocycles. The molecule has 0 unspecified atom stereocenters. The first-order chi connectivity index (χ1) is 6.65. The van der Waals surface area contributed by atoms with E-state index in [4.69, 9.17) is 10.6 Å². The molecular weight excluding hydrogens is 248 g/mol. The molecule has 0 aliphatic carbocycles. The fraction of sp³-hybridized carbons (Fsp3) is 0.222. The Balaban J connectivity index is 2.86. The molecule has 0 heterocycles. The first-order valence-corrected chi connectivity index (χ1v) is 4.78. The molecule has 0 radical (unpaired) electrons. The van der Waals surface area contributed by atoms with Crippen molar-refractivity contribution in [1.29, 1.82) is 0 Å². The normalized spacial score (nSPS) is 9.64. The monoisotopic (exact) mass is 258 g/mol. The molecule has 14 heavy (non-hydrogen) atoms. The van der Waals surface area contributed by atoms with Gasteiger partial charge in [-0.2, -0.15) is 0 Å². The molecule has 4 nitrogen and oxygen atoms in total. The Kier molecular flexibility index (Phi) is 3.91. The lowest BCUT2D eigenvalue weighted by atomic mass is 10.1. The summed E-state index contributed by atoms with van der Waals surface area (Å²) in [4.78, 5) is 11.0. The van der Waals surface area contributed by atoms with Crippen LogP contribution in [0.15, 0.2) is 22.7 Å². The lowest BCUT2D eigenvalue weighted by molar-refractivity contribution is -0.120. The zero-order valence-corrected chi connectivity index (χ0v) is 9.30. The van der Waals surface area contributed by atoms with Crippen LogP contribution in [0.25, 0.3) is 0 Å². The maximum Gasteiger partial charge on any atom is 0.238 e. The van der Waals surface area contributed by atoms with Gasteiger partial charge in [-0.15, -0.1) is 0 Å². The second-order valence-electron chi connectivity index (χ2n) is 2.74. The third-order valence-electron chi connectivity index (χ3n) is 1.69. The van der Waals surface area contributed by atoms with E-state index < -0.39 is 0 Å². The van der Waals surface area contributed by atoms with Gasteiger partial charge in [0.15, 0.2) is 0 Å². The summed E-state index contributed by atoms with van der Waals surface area (Å²) in [5, 5.41) is 0. The van der Waals surface area contributed by atoms with Gasteiger partial charge in [-0.1, -0.05) is 15.9 Å². The minimum Gasteiger partial charge on any atom is -0.497 e. The zero-order valence-electron chi connectivity index (χ0n) is 7.71. The second kappa shape index (κ2) is 4.97. The highest BCUT2D eigenvalue weighted by molar-refractivity contribution is 9.10. The third kappa shape index (κ3) is 3.01. The molecule has 1 aromatic carbocycles. The van der Waals surface area contributed by atoms with Crippen LogP contribution >= 0.6 is 15.9 Å². The molecule has 0 fully saturated rings. The third-order valence-corrected chi connectivity index (χ3v) is 2.15. The lowest BCUT2D eigenvalue weighted by Gasteiger charge is -2.05. The van der Waals surface area contributed by atoms with Crippen molar-refractivity contribution in [2.75, 3.05) is 7.11 Å². The SMILES string of the molecule is COc1cc(Br)cc(CC(=O)NN)c1. The molecule has 3 N–H and O–H groups in total. The standard InChI is InChI=1S/C9H11BrN2O2/c1-14-8-3-6(2-7(10)5-8)4-9(13)12-11/h2-3,5H,4,11H2,1H3,(H,12,13). The Morgan fingerprint density at radius 3 is 2.86 bits per heavy atom. The van der Waals surface area contributed by atoms with Gasteiger partial charge in [0.1, 0.15) is 5.75 Å². The first-order valence-electron chi connectivity index (χ1n) is 3.98. The van der Waals surface area contributed by atoms with Crippen LogP contribution in [0.1, 0.15) is 5.56 Å². The van der Waals surface area contributed by atoms with E-state index in [1.54, 1.807) is 13.2 Å². The van der Waals surface area contributed by atoms with Crippen LogP contribution in [0, 0.1) is 0 Å². The van der Waals surface area contributed by atoms with Gasteiger partial charge >= 0.3 is 0 Å². The van der Waals surface area contributed by atoms with Gasteiger partial charge in [0, 0.05) is 4.47 Å². The lowest BCUT2D eigenvalue weighted by Crippen LogP contribution is -2.31. The molecule has 1 rings (SSSR count). The molecule has 0 aliphatic heterocycles. The maximum atomic E-state index is 11.0. The molecule has 0 aliphatic rings. The summed E-state index contributed by atoms with van der Waals surface area (Å²) < 4.78 is 5.93. The van der Waals surface area contributed by atoms with E-state index in [1.165, 1.54) is 0 Å². The van der Waals surface area contributed by atoms with Gasteiger partial charge in [0.2, 0.25) is 5.91 Å². The number of ether oxygens (including phenoxy) is 1. The van der Waals surface area contributed by atoms with Crippen LogP contribution in [0.5, 0.6) is 5.75 Å². The van der Waals surface area contributed by atoms with Crippen molar-refractivity contribution in [2.45, 2.75) is 6.42 Å². The molecule has 1 amide bonds. The number of carbonyl (C=O) groups is 1. The topological polar surface area (TPSA) is 64.3 Å². The minimum absolute atomic E-state index is 0.231. The number of methoxy groups -OCH3 is 1. The van der Waals surface area contributed by atoms with E-state index >= 15 is 0 Å². The molecule has 0 aromatic heterocycles. The number of hydrogen-bond acceptors (Lipinski definition) is 3. The fourth-order valence-corrected chi connectivity index (χ4v) is 1.60. The van der Waals surface area contributed by atoms with Gasteiger partial charge in [-0.25, -0.2) is 5.84 Å². The number of nitrogens with two attached hydrogens (primary N) is 1. The van der Waals surface area contributed by atoms with Gasteiger partial charge in [-0.3, -0.25) is 10.2 Å². The van der Waals surface area contributed by atoms with Crippen LogP contribution < -0.4 is 16.0 Å². The van der Waals surface area contributed by atoms with Gasteiger partial charge in [0.05, 0.1) is 13.5 Å². The molecule has 5 heteroatoms. The Hall–Kier alpha value is -1.07. The van der Waals surface area contributed by atoms with Crippen molar-refractivity contribution < 1.29 is 9.53 Å². The molecule has 0 atom stereocenters. The Bertz CT molecular complexity index is 342. The summed E-state index contributed by atoms with van der Waals surface area (Å²) >= 11 is 3.32. The van der Waals surface area contributed by atoms with Crippen molar-refractivity contribution >= 4 is 21.8 Å². The summed E-state index contributed by atoms with van der Waals surface area (Å²) in [6.45, 7) is 0. The minimum atomic E-state index is -0.231. The quantitative estimate of drug-likeness (QED) is 0.483. The van der Waals surface area contributed by atoms with Gasteiger partial charge < -0.3 is 4.74 Å². The van der Waals surface area contributed by atoms with E-state index in [9.17, 15) is 4.79 Å². The number of amides is 1. The average molecular weight is 259 g/mol. The van der Waals surface area contributed by atoms with E-state index in [0.29, 0.717) is 5.75 Å². The van der Waals surface area contributed by atoms with E-state index in [2.05, 4.69) is 21.4 Å². The van der Waals surface area contributed by atoms with Crippen molar-refractivity contribution in [3.05, 3.63) is 28.2 Å². The summed E-state index contributed by atoms with van der Waals surface area (Å²) in [6.07, 6.45) is 0.242. The Morgan fingerprint density at radius 2 is 2.29 bits per heavy atom. The Morgan fingerprint density at radius 1 is 1.57 bits per heavy atom. The number of carbonyl (C=O) groups excluding carboxylic acids is 1. The molecule has 0 spiro atoms. The first kappa shape index (κ1) is 11.0. The summed E-state index contributed by atoms with van der Waals surface area (Å²) in [6, 6.07) is 5.46. The van der Waals surface area contributed by atoms with E-state index in [1.807, 2.05) is 12.1 Å². The van der Waals surface area contributed by atoms with Crippen molar-refractivity contribution in [1.82, 2.24) is 5.43 Å². The van der Waals surface area contributed by atoms with Crippen molar-refractivity contribution in [3.8, 4) is 5.75 Å². The van der Waals surface area contributed by atoms with Crippen LogP contribution in [-0.2, 0) is 11.2 Å². The van der Waals surface area contributed by atoms with Gasteiger partial charge in [0.25, 0.3) is 0 Å². The highest BCUT2D eigenvalue weighted by Crippen LogP contribution is 2.21. The number of rotatable bonds is 3. The highest BCUT2D eigenvalue weighted by Gasteiger charge is 2.04. The van der Waals surface area contributed by atoms with Crippen LogP contribution in [0.3, 0.4) is 0 Å². The highest BCUT2D eigenvalue weighted by atomic mass is 79.9. The fourth-order valence-electron chi connectivity index (χ4n) is 1.08. The number of hydrazine groups is 1. The smallest absolute Gasteiger partial charge is 0.238 e.